The van der Waals surface area contributed by atoms with Crippen molar-refractivity contribution in [2.45, 2.75) is 23.8 Å². The van der Waals surface area contributed by atoms with Crippen molar-refractivity contribution < 1.29 is 0 Å². The lowest BCUT2D eigenvalue weighted by Gasteiger charge is -2.08. The van der Waals surface area contributed by atoms with Crippen LogP contribution in [0.2, 0.25) is 5.02 Å². The van der Waals surface area contributed by atoms with Crippen LogP contribution in [0.4, 0.5) is 0 Å². The summed E-state index contributed by atoms with van der Waals surface area (Å²) in [5, 5.41) is 0.872. The minimum Gasteiger partial charge on any atom is -0.327 e. The topological polar surface area (TPSA) is 26.0 Å². The quantitative estimate of drug-likeness (QED) is 0.717. The normalized spacial score (nSPS) is 22.2. The Balaban J connectivity index is 2.39. The number of hydrogen-bond donors (Lipinski definition) is 1. The molecule has 13 heavy (non-hydrogen) atoms. The number of benzene rings is 1. The molecule has 2 rings (SSSR count). The number of fused-ring (bicyclic) bond motifs is 1. The van der Waals surface area contributed by atoms with E-state index in [2.05, 4.69) is 6.07 Å². The molecule has 0 saturated heterocycles. The number of rotatable bonds is 0. The molecule has 0 aromatic heterocycles. The summed E-state index contributed by atoms with van der Waals surface area (Å²) >= 11 is 7.93. The Kier molecular flexibility index (Phi) is 2.82. The molecule has 0 spiro atoms. The molecule has 70 valence electrons. The van der Waals surface area contributed by atoms with E-state index in [0.717, 1.165) is 23.6 Å². The first kappa shape index (κ1) is 9.38. The van der Waals surface area contributed by atoms with Crippen molar-refractivity contribution in [3.63, 3.8) is 0 Å². The minimum atomic E-state index is 0.298. The summed E-state index contributed by atoms with van der Waals surface area (Å²) in [6, 6.07) is 6.37. The number of thioether (sulfide) groups is 1. The van der Waals surface area contributed by atoms with Crippen LogP contribution in [0.15, 0.2) is 23.1 Å². The molecule has 0 aliphatic carbocycles. The zero-order chi connectivity index (χ0) is 9.26. The van der Waals surface area contributed by atoms with Crippen molar-refractivity contribution in [1.82, 2.24) is 0 Å². The Morgan fingerprint density at radius 3 is 3.15 bits per heavy atom. The first-order valence-electron chi connectivity index (χ1n) is 4.43. The molecular weight excluding hydrogens is 202 g/mol. The molecule has 1 aromatic carbocycles. The van der Waals surface area contributed by atoms with Crippen LogP contribution < -0.4 is 5.73 Å². The van der Waals surface area contributed by atoms with Crippen molar-refractivity contribution in [2.75, 3.05) is 5.75 Å². The second-order valence-corrected chi connectivity index (χ2v) is 4.84. The van der Waals surface area contributed by atoms with Crippen LogP contribution >= 0.6 is 23.4 Å². The Morgan fingerprint density at radius 2 is 2.31 bits per heavy atom. The molecule has 0 amide bonds. The molecule has 1 aliphatic rings. The van der Waals surface area contributed by atoms with Gasteiger partial charge in [0.15, 0.2) is 0 Å². The summed E-state index contributed by atoms with van der Waals surface area (Å²) in [6.45, 7) is 0. The van der Waals surface area contributed by atoms with E-state index in [1.54, 1.807) is 0 Å². The molecule has 1 aromatic rings. The highest BCUT2D eigenvalue weighted by Gasteiger charge is 2.15. The van der Waals surface area contributed by atoms with E-state index in [1.165, 1.54) is 10.5 Å². The molecule has 2 N–H and O–H groups in total. The SMILES string of the molecule is NC1CCSc2c(Cl)cccc2C1. The fraction of sp³-hybridized carbons (Fsp3) is 0.400. The van der Waals surface area contributed by atoms with E-state index in [1.807, 2.05) is 23.9 Å². The van der Waals surface area contributed by atoms with Gasteiger partial charge in [0.2, 0.25) is 0 Å². The Hall–Kier alpha value is -0.180. The van der Waals surface area contributed by atoms with Crippen LogP contribution in [0, 0.1) is 0 Å². The van der Waals surface area contributed by atoms with Crippen LogP contribution in [0.5, 0.6) is 0 Å². The van der Waals surface area contributed by atoms with Gasteiger partial charge in [-0.3, -0.25) is 0 Å². The van der Waals surface area contributed by atoms with Gasteiger partial charge >= 0.3 is 0 Å². The van der Waals surface area contributed by atoms with Gasteiger partial charge in [0, 0.05) is 10.9 Å². The minimum absolute atomic E-state index is 0.298. The molecule has 1 nitrogen and oxygen atoms in total. The van der Waals surface area contributed by atoms with Crippen molar-refractivity contribution in [3.05, 3.63) is 28.8 Å². The number of nitrogens with two attached hydrogens (primary N) is 1. The van der Waals surface area contributed by atoms with Crippen molar-refractivity contribution in [3.8, 4) is 0 Å². The maximum absolute atomic E-state index is 6.10. The zero-order valence-corrected chi connectivity index (χ0v) is 8.87. The molecule has 0 bridgehead atoms. The third-order valence-electron chi connectivity index (χ3n) is 2.27. The van der Waals surface area contributed by atoms with E-state index >= 15 is 0 Å². The highest BCUT2D eigenvalue weighted by molar-refractivity contribution is 7.99. The average molecular weight is 214 g/mol. The highest BCUT2D eigenvalue weighted by Crippen LogP contribution is 2.34. The molecular formula is C10H12ClNS. The predicted octanol–water partition coefficient (Wildman–Crippen LogP) is 2.71. The number of halogens is 1. The Morgan fingerprint density at radius 1 is 1.46 bits per heavy atom. The summed E-state index contributed by atoms with van der Waals surface area (Å²) in [7, 11) is 0. The molecule has 3 heteroatoms. The Labute approximate surface area is 87.7 Å². The van der Waals surface area contributed by atoms with E-state index in [4.69, 9.17) is 17.3 Å². The van der Waals surface area contributed by atoms with Gasteiger partial charge in [-0.2, -0.15) is 0 Å². The largest absolute Gasteiger partial charge is 0.327 e. The molecule has 1 atom stereocenters. The van der Waals surface area contributed by atoms with Gasteiger partial charge in [-0.25, -0.2) is 0 Å². The third-order valence-corrected chi connectivity index (χ3v) is 3.90. The summed E-state index contributed by atoms with van der Waals surface area (Å²) < 4.78 is 0. The third kappa shape index (κ3) is 2.01. The van der Waals surface area contributed by atoms with E-state index in [0.29, 0.717) is 6.04 Å². The fourth-order valence-corrected chi connectivity index (χ4v) is 3.10. The lowest BCUT2D eigenvalue weighted by molar-refractivity contribution is 0.653. The van der Waals surface area contributed by atoms with Crippen molar-refractivity contribution in [1.29, 1.82) is 0 Å². The first-order valence-corrected chi connectivity index (χ1v) is 5.79. The summed E-state index contributed by atoms with van der Waals surface area (Å²) in [4.78, 5) is 1.23. The lowest BCUT2D eigenvalue weighted by Crippen LogP contribution is -2.22. The Bertz CT molecular complexity index is 314. The van der Waals surface area contributed by atoms with Crippen LogP contribution in [0.1, 0.15) is 12.0 Å². The summed E-state index contributed by atoms with van der Waals surface area (Å²) in [6.07, 6.45) is 2.04. The molecule has 0 saturated carbocycles. The molecule has 0 radical (unpaired) electrons. The van der Waals surface area contributed by atoms with Gasteiger partial charge < -0.3 is 5.73 Å². The fourth-order valence-electron chi connectivity index (χ4n) is 1.57. The van der Waals surface area contributed by atoms with Gasteiger partial charge in [-0.1, -0.05) is 23.7 Å². The molecule has 0 fully saturated rings. The maximum Gasteiger partial charge on any atom is 0.0544 e. The van der Waals surface area contributed by atoms with Crippen LogP contribution in [-0.2, 0) is 6.42 Å². The molecule has 1 aliphatic heterocycles. The van der Waals surface area contributed by atoms with Gasteiger partial charge in [0.05, 0.1) is 5.02 Å². The van der Waals surface area contributed by atoms with Gasteiger partial charge in [-0.05, 0) is 30.2 Å². The van der Waals surface area contributed by atoms with Crippen LogP contribution in [0.3, 0.4) is 0 Å². The second kappa shape index (κ2) is 3.91. The molecule has 1 heterocycles. The van der Waals surface area contributed by atoms with Gasteiger partial charge in [-0.15, -0.1) is 11.8 Å². The molecule has 1 unspecified atom stereocenters. The van der Waals surface area contributed by atoms with E-state index in [9.17, 15) is 0 Å². The second-order valence-electron chi connectivity index (χ2n) is 3.33. The summed E-state index contributed by atoms with van der Waals surface area (Å²) in [5.41, 5.74) is 7.25. The maximum atomic E-state index is 6.10. The average Bonchev–Trinajstić information content (AvgIpc) is 2.27. The van der Waals surface area contributed by atoms with E-state index < -0.39 is 0 Å². The highest BCUT2D eigenvalue weighted by atomic mass is 35.5. The first-order chi connectivity index (χ1) is 6.27. The predicted molar refractivity (Wildman–Crippen MR) is 58.5 cm³/mol. The van der Waals surface area contributed by atoms with Gasteiger partial charge in [0.1, 0.15) is 0 Å². The van der Waals surface area contributed by atoms with Gasteiger partial charge in [0.25, 0.3) is 0 Å². The van der Waals surface area contributed by atoms with Crippen LogP contribution in [0.25, 0.3) is 0 Å². The number of hydrogen-bond acceptors (Lipinski definition) is 2. The standard InChI is InChI=1S/C10H12ClNS/c11-9-3-1-2-7-6-8(12)4-5-13-10(7)9/h1-3,8H,4-6,12H2. The van der Waals surface area contributed by atoms with Crippen molar-refractivity contribution >= 4 is 23.4 Å². The zero-order valence-electron chi connectivity index (χ0n) is 7.29. The van der Waals surface area contributed by atoms with Crippen molar-refractivity contribution in [2.24, 2.45) is 5.73 Å². The van der Waals surface area contributed by atoms with E-state index in [-0.39, 0.29) is 0 Å². The van der Waals surface area contributed by atoms with Crippen LogP contribution in [-0.4, -0.2) is 11.8 Å². The lowest BCUT2D eigenvalue weighted by atomic mass is 10.1. The summed E-state index contributed by atoms with van der Waals surface area (Å²) in [5.74, 6) is 1.08. The smallest absolute Gasteiger partial charge is 0.0544 e. The monoisotopic (exact) mass is 213 g/mol.